The summed E-state index contributed by atoms with van der Waals surface area (Å²) in [5.74, 6) is -0.202. The van der Waals surface area contributed by atoms with Gasteiger partial charge < -0.3 is 10.6 Å². The first-order valence-corrected chi connectivity index (χ1v) is 11.2. The van der Waals surface area contributed by atoms with E-state index in [-0.39, 0.29) is 27.9 Å². The van der Waals surface area contributed by atoms with Crippen LogP contribution in [0.1, 0.15) is 63.7 Å². The number of nitrogens with one attached hydrogen (secondary N) is 1. The van der Waals surface area contributed by atoms with Crippen molar-refractivity contribution in [1.29, 1.82) is 0 Å². The average Bonchev–Trinajstić information content (AvgIpc) is 3.07. The van der Waals surface area contributed by atoms with Gasteiger partial charge in [-0.3, -0.25) is 4.79 Å². The van der Waals surface area contributed by atoms with Crippen LogP contribution in [0.4, 0.5) is 0 Å². The van der Waals surface area contributed by atoms with Crippen molar-refractivity contribution >= 4 is 15.9 Å². The standard InChI is InChI=1S/C20H31N3O3S/c1-19(2)13-16(14-20(3,4)22-19)21-18(24)15-8-7-9-17(12-15)27(25,26)23-10-5-6-11-23/h7-9,12,16,22H,5-6,10-11,13-14H2,1-4H3,(H,21,24)/p+1. The van der Waals surface area contributed by atoms with Gasteiger partial charge in [0, 0.05) is 37.5 Å². The lowest BCUT2D eigenvalue weighted by Gasteiger charge is -2.43. The summed E-state index contributed by atoms with van der Waals surface area (Å²) >= 11 is 0. The van der Waals surface area contributed by atoms with Gasteiger partial charge in [-0.1, -0.05) is 6.07 Å². The van der Waals surface area contributed by atoms with E-state index in [9.17, 15) is 13.2 Å². The fraction of sp³-hybridized carbons (Fsp3) is 0.650. The maximum absolute atomic E-state index is 12.8. The van der Waals surface area contributed by atoms with Crippen molar-refractivity contribution in [1.82, 2.24) is 9.62 Å². The van der Waals surface area contributed by atoms with Crippen molar-refractivity contribution < 1.29 is 18.5 Å². The molecule has 3 N–H and O–H groups in total. The Bertz CT molecular complexity index is 796. The highest BCUT2D eigenvalue weighted by Crippen LogP contribution is 2.24. The molecule has 1 aromatic carbocycles. The van der Waals surface area contributed by atoms with Gasteiger partial charge >= 0.3 is 0 Å². The number of sulfonamides is 1. The molecule has 2 heterocycles. The second kappa shape index (κ2) is 7.18. The monoisotopic (exact) mass is 394 g/mol. The zero-order chi connectivity index (χ0) is 19.9. The molecular weight excluding hydrogens is 362 g/mol. The molecule has 2 aliphatic heterocycles. The molecule has 0 saturated carbocycles. The molecule has 27 heavy (non-hydrogen) atoms. The van der Waals surface area contributed by atoms with Crippen molar-refractivity contribution in [2.75, 3.05) is 13.1 Å². The van der Waals surface area contributed by atoms with Gasteiger partial charge in [-0.15, -0.1) is 0 Å². The minimum atomic E-state index is -3.52. The van der Waals surface area contributed by atoms with Crippen molar-refractivity contribution in [3.63, 3.8) is 0 Å². The molecule has 0 spiro atoms. The van der Waals surface area contributed by atoms with E-state index >= 15 is 0 Å². The first-order chi connectivity index (χ1) is 12.5. The smallest absolute Gasteiger partial charge is 0.251 e. The molecule has 150 valence electrons. The summed E-state index contributed by atoms with van der Waals surface area (Å²) in [4.78, 5) is 13.0. The van der Waals surface area contributed by atoms with E-state index in [0.29, 0.717) is 18.7 Å². The Balaban J connectivity index is 1.76. The number of carbonyl (C=O) groups is 1. The number of hydrogen-bond donors (Lipinski definition) is 2. The highest BCUT2D eigenvalue weighted by atomic mass is 32.2. The number of nitrogens with two attached hydrogens (primary N) is 1. The molecule has 0 unspecified atom stereocenters. The van der Waals surface area contributed by atoms with Crippen LogP contribution >= 0.6 is 0 Å². The highest BCUT2D eigenvalue weighted by Gasteiger charge is 2.42. The normalized spacial score (nSPS) is 23.3. The SMILES string of the molecule is CC1(C)CC(NC(=O)c2cccc(S(=O)(=O)N3CCCC3)c2)CC(C)(C)[NH2+]1. The molecule has 2 aliphatic rings. The van der Waals surface area contributed by atoms with Gasteiger partial charge in [0.2, 0.25) is 10.0 Å². The fourth-order valence-corrected chi connectivity index (χ4v) is 6.33. The van der Waals surface area contributed by atoms with E-state index in [1.54, 1.807) is 18.2 Å². The first kappa shape index (κ1) is 20.3. The third-order valence-electron chi connectivity index (χ3n) is 5.46. The number of piperidine rings is 1. The van der Waals surface area contributed by atoms with Gasteiger partial charge in [0.05, 0.1) is 16.0 Å². The van der Waals surface area contributed by atoms with Crippen LogP contribution in [-0.4, -0.2) is 48.8 Å². The Labute approximate surface area is 162 Å². The van der Waals surface area contributed by atoms with Crippen LogP contribution in [0, 0.1) is 0 Å². The second-order valence-corrected chi connectivity index (χ2v) is 11.3. The van der Waals surface area contributed by atoms with E-state index in [4.69, 9.17) is 0 Å². The number of quaternary nitrogens is 1. The summed E-state index contributed by atoms with van der Waals surface area (Å²) in [7, 11) is -3.52. The van der Waals surface area contributed by atoms with E-state index in [2.05, 4.69) is 38.3 Å². The zero-order valence-electron chi connectivity index (χ0n) is 16.8. The number of nitrogens with zero attached hydrogens (tertiary/aromatic N) is 1. The Morgan fingerprint density at radius 1 is 1.11 bits per heavy atom. The Morgan fingerprint density at radius 2 is 1.70 bits per heavy atom. The van der Waals surface area contributed by atoms with Crippen molar-refractivity contribution in [2.24, 2.45) is 0 Å². The van der Waals surface area contributed by atoms with E-state index < -0.39 is 10.0 Å². The topological polar surface area (TPSA) is 83.1 Å². The predicted octanol–water partition coefficient (Wildman–Crippen LogP) is 1.48. The number of rotatable bonds is 4. The van der Waals surface area contributed by atoms with Crippen LogP contribution in [0.2, 0.25) is 0 Å². The van der Waals surface area contributed by atoms with Gasteiger partial charge in [0.25, 0.3) is 5.91 Å². The molecule has 2 saturated heterocycles. The molecule has 0 bridgehead atoms. The molecule has 2 fully saturated rings. The Kier molecular flexibility index (Phi) is 5.40. The van der Waals surface area contributed by atoms with E-state index in [1.807, 2.05) is 0 Å². The van der Waals surface area contributed by atoms with Crippen LogP contribution < -0.4 is 10.6 Å². The molecule has 1 aromatic rings. The van der Waals surface area contributed by atoms with Gasteiger partial charge in [-0.25, -0.2) is 8.42 Å². The Hall–Kier alpha value is -1.44. The van der Waals surface area contributed by atoms with Crippen molar-refractivity contribution in [3.8, 4) is 0 Å². The van der Waals surface area contributed by atoms with E-state index in [1.165, 1.54) is 10.4 Å². The fourth-order valence-electron chi connectivity index (χ4n) is 4.76. The minimum Gasteiger partial charge on any atom is -0.349 e. The van der Waals surface area contributed by atoms with Crippen LogP contribution in [0.15, 0.2) is 29.2 Å². The molecule has 0 aliphatic carbocycles. The predicted molar refractivity (Wildman–Crippen MR) is 105 cm³/mol. The maximum Gasteiger partial charge on any atom is 0.251 e. The Morgan fingerprint density at radius 3 is 2.30 bits per heavy atom. The number of benzene rings is 1. The summed E-state index contributed by atoms with van der Waals surface area (Å²) in [6.45, 7) is 9.88. The van der Waals surface area contributed by atoms with Gasteiger partial charge in [-0.05, 0) is 58.7 Å². The van der Waals surface area contributed by atoms with Crippen LogP contribution in [-0.2, 0) is 10.0 Å². The molecule has 1 amide bonds. The van der Waals surface area contributed by atoms with Crippen LogP contribution in [0.25, 0.3) is 0 Å². The molecule has 0 atom stereocenters. The van der Waals surface area contributed by atoms with Gasteiger partial charge in [0.1, 0.15) is 0 Å². The zero-order valence-corrected chi connectivity index (χ0v) is 17.6. The quantitative estimate of drug-likeness (QED) is 0.811. The summed E-state index contributed by atoms with van der Waals surface area (Å²) in [6.07, 6.45) is 3.55. The van der Waals surface area contributed by atoms with Crippen LogP contribution in [0.3, 0.4) is 0 Å². The summed E-state index contributed by atoms with van der Waals surface area (Å²) in [6, 6.07) is 6.50. The van der Waals surface area contributed by atoms with Crippen LogP contribution in [0.5, 0.6) is 0 Å². The highest BCUT2D eigenvalue weighted by molar-refractivity contribution is 7.89. The lowest BCUT2D eigenvalue weighted by atomic mass is 9.79. The maximum atomic E-state index is 12.8. The molecule has 7 heteroatoms. The lowest BCUT2D eigenvalue weighted by molar-refractivity contribution is -0.787. The summed E-state index contributed by atoms with van der Waals surface area (Å²) < 4.78 is 27.0. The molecule has 6 nitrogen and oxygen atoms in total. The van der Waals surface area contributed by atoms with Crippen molar-refractivity contribution in [3.05, 3.63) is 29.8 Å². The molecule has 0 radical (unpaired) electrons. The molecular formula is C20H32N3O3S+. The van der Waals surface area contributed by atoms with Gasteiger partial charge in [-0.2, -0.15) is 4.31 Å². The summed E-state index contributed by atoms with van der Waals surface area (Å²) in [5.41, 5.74) is 0.516. The molecule has 3 rings (SSSR count). The lowest BCUT2D eigenvalue weighted by Crippen LogP contribution is -3.06. The first-order valence-electron chi connectivity index (χ1n) is 9.77. The second-order valence-electron chi connectivity index (χ2n) is 9.34. The third kappa shape index (κ3) is 4.70. The van der Waals surface area contributed by atoms with E-state index in [0.717, 1.165) is 25.7 Å². The average molecular weight is 395 g/mol. The van der Waals surface area contributed by atoms with Gasteiger partial charge in [0.15, 0.2) is 0 Å². The number of amides is 1. The minimum absolute atomic E-state index is 0.0562. The number of hydrogen-bond acceptors (Lipinski definition) is 3. The largest absolute Gasteiger partial charge is 0.349 e. The summed E-state index contributed by atoms with van der Waals surface area (Å²) in [5, 5.41) is 5.49. The molecule has 0 aromatic heterocycles. The third-order valence-corrected chi connectivity index (χ3v) is 7.36. The van der Waals surface area contributed by atoms with Crippen molar-refractivity contribution in [2.45, 2.75) is 75.4 Å². The number of carbonyl (C=O) groups excluding carboxylic acids is 1.